The van der Waals surface area contributed by atoms with Gasteiger partial charge in [-0.15, -0.1) is 0 Å². The number of benzene rings is 1. The van der Waals surface area contributed by atoms with Crippen LogP contribution in [0.25, 0.3) is 11.1 Å². The van der Waals surface area contributed by atoms with Crippen molar-refractivity contribution >= 4 is 22.8 Å². The van der Waals surface area contributed by atoms with Gasteiger partial charge in [0.1, 0.15) is 5.92 Å². The van der Waals surface area contributed by atoms with Gasteiger partial charge >= 0.3 is 5.97 Å². The molecule has 1 heterocycles. The zero-order chi connectivity index (χ0) is 12.6. The zero-order valence-corrected chi connectivity index (χ0v) is 8.78. The molecule has 0 bridgehead atoms. The van der Waals surface area contributed by atoms with E-state index in [0.29, 0.717) is 0 Å². The Morgan fingerprint density at radius 1 is 1.59 bits per heavy atom. The van der Waals surface area contributed by atoms with Crippen LogP contribution in [-0.4, -0.2) is 21.0 Å². The van der Waals surface area contributed by atoms with Crippen LogP contribution in [0.3, 0.4) is 0 Å². The number of hydrogen-bond donors (Lipinski definition) is 1. The van der Waals surface area contributed by atoms with Crippen LogP contribution in [0.2, 0.25) is 0 Å². The van der Waals surface area contributed by atoms with Crippen molar-refractivity contribution in [3.05, 3.63) is 34.2 Å². The van der Waals surface area contributed by atoms with E-state index in [0.717, 1.165) is 0 Å². The van der Waals surface area contributed by atoms with Gasteiger partial charge in [0.15, 0.2) is 11.1 Å². The maximum Gasteiger partial charge on any atom is 0.315 e. The largest absolute Gasteiger partial charge is 0.481 e. The monoisotopic (exact) mass is 236 g/mol. The highest BCUT2D eigenvalue weighted by Crippen LogP contribution is 2.28. The van der Waals surface area contributed by atoms with Crippen molar-refractivity contribution in [3.63, 3.8) is 0 Å². The molecule has 0 aliphatic heterocycles. The summed E-state index contributed by atoms with van der Waals surface area (Å²) in [7, 11) is 0. The van der Waals surface area contributed by atoms with Crippen molar-refractivity contribution in [2.45, 2.75) is 12.8 Å². The highest BCUT2D eigenvalue weighted by molar-refractivity contribution is 5.84. The summed E-state index contributed by atoms with van der Waals surface area (Å²) in [6, 6.07) is 4.26. The number of carbonyl (C=O) groups is 1. The number of non-ortho nitro benzene ring substituents is 1. The lowest BCUT2D eigenvalue weighted by atomic mass is 10.2. The molecule has 1 N–H and O–H groups in total. The number of rotatable bonds is 3. The number of fused-ring (bicyclic) bond motifs is 1. The Hall–Kier alpha value is -2.44. The SMILES string of the molecule is CC(C(=O)O)c1nc2c([N+](=O)[O-])cccc2o1. The van der Waals surface area contributed by atoms with E-state index >= 15 is 0 Å². The van der Waals surface area contributed by atoms with Crippen molar-refractivity contribution in [2.24, 2.45) is 0 Å². The molecule has 1 aromatic heterocycles. The normalized spacial score (nSPS) is 12.5. The Balaban J connectivity index is 2.61. The van der Waals surface area contributed by atoms with Gasteiger partial charge in [0.05, 0.1) is 4.92 Å². The summed E-state index contributed by atoms with van der Waals surface area (Å²) in [5, 5.41) is 19.5. The van der Waals surface area contributed by atoms with Gasteiger partial charge in [-0.25, -0.2) is 4.98 Å². The van der Waals surface area contributed by atoms with Crippen molar-refractivity contribution in [1.29, 1.82) is 0 Å². The summed E-state index contributed by atoms with van der Waals surface area (Å²) in [5.41, 5.74) is 0.0815. The Kier molecular flexibility index (Phi) is 2.51. The number of nitro groups is 1. The maximum absolute atomic E-state index is 10.8. The summed E-state index contributed by atoms with van der Waals surface area (Å²) < 4.78 is 5.19. The van der Waals surface area contributed by atoms with Crippen LogP contribution in [0.5, 0.6) is 0 Å². The number of nitrogens with zero attached hydrogens (tertiary/aromatic N) is 2. The van der Waals surface area contributed by atoms with Gasteiger partial charge in [0.2, 0.25) is 5.89 Å². The average Bonchev–Trinajstić information content (AvgIpc) is 2.70. The first-order chi connectivity index (χ1) is 8.00. The van der Waals surface area contributed by atoms with Crippen LogP contribution in [-0.2, 0) is 4.79 Å². The van der Waals surface area contributed by atoms with Crippen LogP contribution in [0.1, 0.15) is 18.7 Å². The highest BCUT2D eigenvalue weighted by Gasteiger charge is 2.23. The number of carboxylic acid groups (broad SMARTS) is 1. The Morgan fingerprint density at radius 3 is 2.88 bits per heavy atom. The molecule has 0 aliphatic carbocycles. The maximum atomic E-state index is 10.8. The van der Waals surface area contributed by atoms with E-state index in [1.807, 2.05) is 0 Å². The molecule has 0 amide bonds. The van der Waals surface area contributed by atoms with Crippen LogP contribution >= 0.6 is 0 Å². The molecule has 7 nitrogen and oxygen atoms in total. The first-order valence-electron chi connectivity index (χ1n) is 4.77. The molecule has 2 aromatic rings. The van der Waals surface area contributed by atoms with E-state index in [1.165, 1.54) is 25.1 Å². The number of aliphatic carboxylic acids is 1. The molecule has 0 spiro atoms. The predicted octanol–water partition coefficient (Wildman–Crippen LogP) is 1.92. The molecule has 7 heteroatoms. The molecule has 0 fully saturated rings. The van der Waals surface area contributed by atoms with Crippen LogP contribution < -0.4 is 0 Å². The fraction of sp³-hybridized carbons (Fsp3) is 0.200. The quantitative estimate of drug-likeness (QED) is 0.644. The second-order valence-electron chi connectivity index (χ2n) is 3.49. The predicted molar refractivity (Wildman–Crippen MR) is 56.7 cm³/mol. The standard InChI is InChI=1S/C10H8N2O5/c1-5(10(13)14)9-11-8-6(12(15)16)3-2-4-7(8)17-9/h2-5H,1H3,(H,13,14). The third kappa shape index (κ3) is 1.82. The van der Waals surface area contributed by atoms with Gasteiger partial charge in [0.25, 0.3) is 5.69 Å². The third-order valence-corrected chi connectivity index (χ3v) is 2.35. The molecule has 17 heavy (non-hydrogen) atoms. The smallest absolute Gasteiger partial charge is 0.315 e. The molecule has 0 saturated carbocycles. The van der Waals surface area contributed by atoms with E-state index in [2.05, 4.69) is 4.98 Å². The summed E-state index contributed by atoms with van der Waals surface area (Å²) in [5.74, 6) is -2.08. The number of para-hydroxylation sites is 1. The lowest BCUT2D eigenvalue weighted by molar-refractivity contribution is -0.383. The molecule has 2 rings (SSSR count). The Bertz CT molecular complexity index is 604. The summed E-state index contributed by atoms with van der Waals surface area (Å²) in [6.45, 7) is 1.40. The minimum Gasteiger partial charge on any atom is -0.481 e. The van der Waals surface area contributed by atoms with E-state index in [9.17, 15) is 14.9 Å². The first-order valence-corrected chi connectivity index (χ1v) is 4.77. The zero-order valence-electron chi connectivity index (χ0n) is 8.78. The second-order valence-corrected chi connectivity index (χ2v) is 3.49. The van der Waals surface area contributed by atoms with Crippen LogP contribution in [0, 0.1) is 10.1 Å². The lowest BCUT2D eigenvalue weighted by Gasteiger charge is -1.97. The minimum atomic E-state index is -1.10. The van der Waals surface area contributed by atoms with Crippen molar-refractivity contribution in [3.8, 4) is 0 Å². The number of aromatic nitrogens is 1. The van der Waals surface area contributed by atoms with Gasteiger partial charge < -0.3 is 9.52 Å². The van der Waals surface area contributed by atoms with Gasteiger partial charge in [-0.2, -0.15) is 0 Å². The van der Waals surface area contributed by atoms with E-state index in [-0.39, 0.29) is 22.7 Å². The van der Waals surface area contributed by atoms with Crippen molar-refractivity contribution in [2.75, 3.05) is 0 Å². The average molecular weight is 236 g/mol. The molecule has 0 aliphatic rings. The molecular weight excluding hydrogens is 228 g/mol. The second kappa shape index (κ2) is 3.85. The summed E-state index contributed by atoms with van der Waals surface area (Å²) in [4.78, 5) is 24.8. The van der Waals surface area contributed by atoms with Crippen LogP contribution in [0.15, 0.2) is 22.6 Å². The fourth-order valence-corrected chi connectivity index (χ4v) is 1.39. The minimum absolute atomic E-state index is 0.0400. The molecule has 1 atom stereocenters. The number of nitro benzene ring substituents is 1. The van der Waals surface area contributed by atoms with Gasteiger partial charge in [-0.05, 0) is 13.0 Å². The summed E-state index contributed by atoms with van der Waals surface area (Å²) >= 11 is 0. The van der Waals surface area contributed by atoms with E-state index in [1.54, 1.807) is 0 Å². The van der Waals surface area contributed by atoms with Crippen molar-refractivity contribution in [1.82, 2.24) is 4.98 Å². The number of oxazole rings is 1. The first kappa shape index (κ1) is 11.1. The number of hydrogen-bond acceptors (Lipinski definition) is 5. The lowest BCUT2D eigenvalue weighted by Crippen LogP contribution is -2.07. The third-order valence-electron chi connectivity index (χ3n) is 2.35. The molecule has 0 radical (unpaired) electrons. The highest BCUT2D eigenvalue weighted by atomic mass is 16.6. The Morgan fingerprint density at radius 2 is 2.29 bits per heavy atom. The molecular formula is C10H8N2O5. The van der Waals surface area contributed by atoms with Gasteiger partial charge in [-0.3, -0.25) is 14.9 Å². The summed E-state index contributed by atoms with van der Waals surface area (Å²) in [6.07, 6.45) is 0. The topological polar surface area (TPSA) is 106 Å². The molecule has 1 unspecified atom stereocenters. The van der Waals surface area contributed by atoms with Gasteiger partial charge in [-0.1, -0.05) is 6.07 Å². The van der Waals surface area contributed by atoms with Gasteiger partial charge in [0, 0.05) is 6.07 Å². The van der Waals surface area contributed by atoms with E-state index < -0.39 is 16.8 Å². The molecule has 0 saturated heterocycles. The van der Waals surface area contributed by atoms with E-state index in [4.69, 9.17) is 9.52 Å². The van der Waals surface area contributed by atoms with Crippen LogP contribution in [0.4, 0.5) is 5.69 Å². The molecule has 88 valence electrons. The molecule has 1 aromatic carbocycles. The van der Waals surface area contributed by atoms with Crippen molar-refractivity contribution < 1.29 is 19.2 Å². The Labute approximate surface area is 94.8 Å². The fourth-order valence-electron chi connectivity index (χ4n) is 1.39. The number of carboxylic acids is 1.